The number of azo groups is 1. The Morgan fingerprint density at radius 1 is 1.21 bits per heavy atom. The summed E-state index contributed by atoms with van der Waals surface area (Å²) in [7, 11) is 0. The number of hydrogen-bond donors (Lipinski definition) is 0. The largest absolute Gasteiger partial charge is 0.297 e. The van der Waals surface area contributed by atoms with Crippen LogP contribution in [0.15, 0.2) is 44.7 Å². The minimum atomic E-state index is -0.269. The third-order valence-corrected chi connectivity index (χ3v) is 2.70. The maximum atomic E-state index is 11.4. The van der Waals surface area contributed by atoms with Crippen molar-refractivity contribution in [1.29, 1.82) is 0 Å². The van der Waals surface area contributed by atoms with Crippen LogP contribution in [-0.2, 0) is 4.79 Å². The van der Waals surface area contributed by atoms with Crippen LogP contribution >= 0.6 is 15.9 Å². The molecular formula is C10H7BrN2O. The number of nitrogens with zero attached hydrogens (tertiary/aromatic N) is 2. The Bertz CT molecular complexity index is 463. The van der Waals surface area contributed by atoms with E-state index in [9.17, 15) is 4.79 Å². The molecule has 1 heterocycles. The molecule has 14 heavy (non-hydrogen) atoms. The van der Waals surface area contributed by atoms with Crippen molar-refractivity contribution in [2.45, 2.75) is 6.92 Å². The van der Waals surface area contributed by atoms with E-state index in [4.69, 9.17) is 0 Å². The van der Waals surface area contributed by atoms with Crippen molar-refractivity contribution in [1.82, 2.24) is 0 Å². The van der Waals surface area contributed by atoms with Crippen molar-refractivity contribution >= 4 is 27.4 Å². The third kappa shape index (κ3) is 1.42. The molecule has 4 heteroatoms. The number of halogens is 1. The van der Waals surface area contributed by atoms with Crippen LogP contribution in [0.5, 0.6) is 0 Å². The average Bonchev–Trinajstić information content (AvgIpc) is 2.48. The number of benzene rings is 1. The summed E-state index contributed by atoms with van der Waals surface area (Å²) in [6.45, 7) is 1.78. The van der Waals surface area contributed by atoms with Gasteiger partial charge in [-0.15, -0.1) is 5.11 Å². The highest BCUT2D eigenvalue weighted by atomic mass is 79.9. The summed E-state index contributed by atoms with van der Waals surface area (Å²) in [6, 6.07) is 7.54. The monoisotopic (exact) mass is 250 g/mol. The summed E-state index contributed by atoms with van der Waals surface area (Å²) in [6.07, 6.45) is 0. The van der Waals surface area contributed by atoms with Crippen LogP contribution in [0.25, 0.3) is 5.57 Å². The van der Waals surface area contributed by atoms with Gasteiger partial charge >= 0.3 is 0 Å². The first kappa shape index (κ1) is 9.27. The van der Waals surface area contributed by atoms with Crippen LogP contribution in [0.1, 0.15) is 12.5 Å². The molecule has 0 bridgehead atoms. The summed E-state index contributed by atoms with van der Waals surface area (Å²) in [5.74, 6) is -0.269. The molecule has 0 saturated carbocycles. The zero-order valence-electron chi connectivity index (χ0n) is 7.49. The van der Waals surface area contributed by atoms with E-state index in [-0.39, 0.29) is 5.91 Å². The van der Waals surface area contributed by atoms with Gasteiger partial charge in [-0.25, -0.2) is 0 Å². The van der Waals surface area contributed by atoms with Crippen molar-refractivity contribution in [2.75, 3.05) is 0 Å². The SMILES string of the molecule is CC1=C(c2ccccc2Br)C(=O)N=N1. The second-order valence-electron chi connectivity index (χ2n) is 2.95. The van der Waals surface area contributed by atoms with E-state index < -0.39 is 0 Å². The number of allylic oxidation sites excluding steroid dienone is 1. The van der Waals surface area contributed by atoms with Crippen molar-refractivity contribution in [3.63, 3.8) is 0 Å². The van der Waals surface area contributed by atoms with Gasteiger partial charge in [-0.1, -0.05) is 34.1 Å². The Kier molecular flexibility index (Phi) is 2.29. The van der Waals surface area contributed by atoms with Gasteiger partial charge in [0.25, 0.3) is 5.91 Å². The first-order valence-corrected chi connectivity index (χ1v) is 4.91. The van der Waals surface area contributed by atoms with Crippen LogP contribution in [0, 0.1) is 0 Å². The molecule has 0 saturated heterocycles. The normalized spacial score (nSPS) is 15.4. The Labute approximate surface area is 89.7 Å². The van der Waals surface area contributed by atoms with Gasteiger partial charge in [0.05, 0.1) is 11.3 Å². The van der Waals surface area contributed by atoms with Gasteiger partial charge in [-0.2, -0.15) is 5.11 Å². The van der Waals surface area contributed by atoms with Gasteiger partial charge in [0.2, 0.25) is 0 Å². The molecule has 0 fully saturated rings. The summed E-state index contributed by atoms with van der Waals surface area (Å²) in [5.41, 5.74) is 2.10. The Morgan fingerprint density at radius 2 is 1.93 bits per heavy atom. The number of carbonyl (C=O) groups is 1. The summed E-state index contributed by atoms with van der Waals surface area (Å²) in [4.78, 5) is 11.4. The van der Waals surface area contributed by atoms with Crippen LogP contribution in [0.2, 0.25) is 0 Å². The molecule has 0 unspecified atom stereocenters. The van der Waals surface area contributed by atoms with Crippen LogP contribution in [-0.4, -0.2) is 5.91 Å². The molecule has 2 rings (SSSR count). The smallest absolute Gasteiger partial charge is 0.265 e. The Morgan fingerprint density at radius 3 is 2.50 bits per heavy atom. The molecule has 0 spiro atoms. The number of carbonyl (C=O) groups excluding carboxylic acids is 1. The van der Waals surface area contributed by atoms with Gasteiger partial charge in [-0.3, -0.25) is 4.79 Å². The molecule has 0 aromatic heterocycles. The Hall–Kier alpha value is -1.29. The zero-order chi connectivity index (χ0) is 10.1. The van der Waals surface area contributed by atoms with Crippen molar-refractivity contribution in [3.05, 3.63) is 40.0 Å². The second kappa shape index (κ2) is 3.46. The van der Waals surface area contributed by atoms with E-state index in [2.05, 4.69) is 26.2 Å². The third-order valence-electron chi connectivity index (χ3n) is 2.01. The maximum Gasteiger partial charge on any atom is 0.297 e. The second-order valence-corrected chi connectivity index (χ2v) is 3.80. The molecule has 1 aromatic rings. The number of hydrogen-bond acceptors (Lipinski definition) is 2. The fourth-order valence-electron chi connectivity index (χ4n) is 1.35. The molecule has 0 radical (unpaired) electrons. The van der Waals surface area contributed by atoms with Gasteiger partial charge in [0.15, 0.2) is 0 Å². The zero-order valence-corrected chi connectivity index (χ0v) is 9.08. The van der Waals surface area contributed by atoms with E-state index in [1.54, 1.807) is 6.92 Å². The Balaban J connectivity index is 2.57. The lowest BCUT2D eigenvalue weighted by atomic mass is 10.0. The summed E-state index contributed by atoms with van der Waals surface area (Å²) in [5, 5.41) is 7.26. The van der Waals surface area contributed by atoms with E-state index in [1.165, 1.54) is 0 Å². The van der Waals surface area contributed by atoms with Crippen molar-refractivity contribution in [2.24, 2.45) is 10.2 Å². The topological polar surface area (TPSA) is 41.8 Å². The highest BCUT2D eigenvalue weighted by Gasteiger charge is 2.21. The van der Waals surface area contributed by atoms with Crippen molar-refractivity contribution in [3.8, 4) is 0 Å². The van der Waals surface area contributed by atoms with Gasteiger partial charge in [0.1, 0.15) is 0 Å². The first-order chi connectivity index (χ1) is 6.70. The maximum absolute atomic E-state index is 11.4. The van der Waals surface area contributed by atoms with Gasteiger partial charge < -0.3 is 0 Å². The minimum Gasteiger partial charge on any atom is -0.265 e. The molecule has 3 nitrogen and oxygen atoms in total. The van der Waals surface area contributed by atoms with E-state index in [0.717, 1.165) is 10.0 Å². The fourth-order valence-corrected chi connectivity index (χ4v) is 1.83. The molecule has 70 valence electrons. The van der Waals surface area contributed by atoms with Crippen LogP contribution in [0.3, 0.4) is 0 Å². The lowest BCUT2D eigenvalue weighted by Crippen LogP contribution is -1.95. The first-order valence-electron chi connectivity index (χ1n) is 4.12. The molecule has 0 atom stereocenters. The fraction of sp³-hybridized carbons (Fsp3) is 0.100. The predicted octanol–water partition coefficient (Wildman–Crippen LogP) is 3.17. The van der Waals surface area contributed by atoms with Crippen LogP contribution in [0.4, 0.5) is 0 Å². The molecule has 0 N–H and O–H groups in total. The lowest BCUT2D eigenvalue weighted by molar-refractivity contribution is -0.112. The number of amides is 1. The number of rotatable bonds is 1. The lowest BCUT2D eigenvalue weighted by Gasteiger charge is -2.02. The molecule has 1 aromatic carbocycles. The van der Waals surface area contributed by atoms with Crippen molar-refractivity contribution < 1.29 is 4.79 Å². The minimum absolute atomic E-state index is 0.269. The molecule has 1 aliphatic rings. The summed E-state index contributed by atoms with van der Waals surface area (Å²) < 4.78 is 0.884. The molecule has 1 amide bonds. The molecule has 0 aliphatic carbocycles. The highest BCUT2D eigenvalue weighted by Crippen LogP contribution is 2.31. The van der Waals surface area contributed by atoms with Gasteiger partial charge in [-0.05, 0) is 13.0 Å². The highest BCUT2D eigenvalue weighted by molar-refractivity contribution is 9.10. The summed E-state index contributed by atoms with van der Waals surface area (Å²) >= 11 is 3.39. The standard InChI is InChI=1S/C10H7BrN2O/c1-6-9(10(14)13-12-6)7-4-2-3-5-8(7)11/h2-5H,1H3. The van der Waals surface area contributed by atoms with Crippen LogP contribution < -0.4 is 0 Å². The predicted molar refractivity (Wildman–Crippen MR) is 56.6 cm³/mol. The molecule has 1 aliphatic heterocycles. The van der Waals surface area contributed by atoms with E-state index >= 15 is 0 Å². The van der Waals surface area contributed by atoms with E-state index in [0.29, 0.717) is 11.3 Å². The van der Waals surface area contributed by atoms with Gasteiger partial charge in [0, 0.05) is 10.0 Å². The quantitative estimate of drug-likeness (QED) is 0.755. The van der Waals surface area contributed by atoms with E-state index in [1.807, 2.05) is 24.3 Å². The average molecular weight is 251 g/mol. The molecular weight excluding hydrogens is 244 g/mol.